The summed E-state index contributed by atoms with van der Waals surface area (Å²) >= 11 is 0. The van der Waals surface area contributed by atoms with Crippen molar-refractivity contribution in [2.24, 2.45) is 0 Å². The molecular weight excluding hydrogens is 250 g/mol. The summed E-state index contributed by atoms with van der Waals surface area (Å²) in [5.41, 5.74) is 3.49. The van der Waals surface area contributed by atoms with E-state index in [1.165, 1.54) is 11.3 Å². The van der Waals surface area contributed by atoms with Crippen LogP contribution in [-0.2, 0) is 13.1 Å². The van der Waals surface area contributed by atoms with Crippen molar-refractivity contribution in [3.63, 3.8) is 0 Å². The molecular formula is C16H23N3O. The van der Waals surface area contributed by atoms with Crippen LogP contribution in [0.3, 0.4) is 0 Å². The number of imidazole rings is 1. The van der Waals surface area contributed by atoms with E-state index < -0.39 is 0 Å². The summed E-state index contributed by atoms with van der Waals surface area (Å²) in [5.74, 6) is 0.961. The highest BCUT2D eigenvalue weighted by Crippen LogP contribution is 2.17. The smallest absolute Gasteiger partial charge is 0.123 e. The van der Waals surface area contributed by atoms with Crippen LogP contribution in [0.4, 0.5) is 0 Å². The van der Waals surface area contributed by atoms with Gasteiger partial charge in [0.25, 0.3) is 0 Å². The second-order valence-corrected chi connectivity index (χ2v) is 4.85. The maximum Gasteiger partial charge on any atom is 0.123 e. The quantitative estimate of drug-likeness (QED) is 0.843. The molecule has 0 aliphatic heterocycles. The fourth-order valence-electron chi connectivity index (χ4n) is 2.07. The molecule has 0 aliphatic carbocycles. The molecule has 20 heavy (non-hydrogen) atoms. The summed E-state index contributed by atoms with van der Waals surface area (Å²) in [4.78, 5) is 4.30. The minimum Gasteiger partial charge on any atom is -0.491 e. The molecule has 0 radical (unpaired) electrons. The first-order valence-corrected chi connectivity index (χ1v) is 7.12. The summed E-state index contributed by atoms with van der Waals surface area (Å²) in [6.45, 7) is 9.49. The predicted molar refractivity (Wildman–Crippen MR) is 81.0 cm³/mol. The Labute approximate surface area is 120 Å². The molecule has 0 saturated carbocycles. The molecule has 0 unspecified atom stereocenters. The Morgan fingerprint density at radius 2 is 2.05 bits per heavy atom. The molecule has 0 fully saturated rings. The molecule has 108 valence electrons. The van der Waals surface area contributed by atoms with Crippen molar-refractivity contribution in [2.75, 3.05) is 13.2 Å². The van der Waals surface area contributed by atoms with Gasteiger partial charge in [-0.3, -0.25) is 0 Å². The molecule has 4 heteroatoms. The molecule has 1 heterocycles. The average Bonchev–Trinajstić information content (AvgIpc) is 2.78. The van der Waals surface area contributed by atoms with E-state index in [9.17, 15) is 0 Å². The first-order chi connectivity index (χ1) is 9.72. The summed E-state index contributed by atoms with van der Waals surface area (Å²) in [6.07, 6.45) is 1.87. The van der Waals surface area contributed by atoms with Gasteiger partial charge in [0.05, 0.1) is 18.6 Å². The fourth-order valence-corrected chi connectivity index (χ4v) is 2.07. The zero-order chi connectivity index (χ0) is 14.4. The van der Waals surface area contributed by atoms with E-state index in [2.05, 4.69) is 34.8 Å². The Morgan fingerprint density at radius 3 is 2.75 bits per heavy atom. The zero-order valence-electron chi connectivity index (χ0n) is 12.5. The van der Waals surface area contributed by atoms with Gasteiger partial charge in [-0.15, -0.1) is 0 Å². The van der Waals surface area contributed by atoms with Gasteiger partial charge in [-0.05, 0) is 26.5 Å². The number of benzene rings is 1. The molecule has 0 amide bonds. The van der Waals surface area contributed by atoms with Gasteiger partial charge < -0.3 is 14.6 Å². The van der Waals surface area contributed by atoms with Crippen molar-refractivity contribution in [1.29, 1.82) is 0 Å². The molecule has 1 aromatic heterocycles. The van der Waals surface area contributed by atoms with E-state index in [0.29, 0.717) is 6.61 Å². The van der Waals surface area contributed by atoms with E-state index in [1.54, 1.807) is 0 Å². The lowest BCUT2D eigenvalue weighted by Crippen LogP contribution is -2.14. The van der Waals surface area contributed by atoms with Crippen LogP contribution in [0.25, 0.3) is 0 Å². The maximum atomic E-state index is 5.91. The van der Waals surface area contributed by atoms with E-state index in [4.69, 9.17) is 4.74 Å². The molecule has 2 rings (SSSR count). The van der Waals surface area contributed by atoms with Crippen LogP contribution >= 0.6 is 0 Å². The van der Waals surface area contributed by atoms with Gasteiger partial charge in [0.1, 0.15) is 12.4 Å². The number of aromatic nitrogens is 2. The van der Waals surface area contributed by atoms with Gasteiger partial charge in [-0.1, -0.05) is 25.1 Å². The predicted octanol–water partition coefficient (Wildman–Crippen LogP) is 2.69. The van der Waals surface area contributed by atoms with Gasteiger partial charge >= 0.3 is 0 Å². The number of aryl methyl sites for hydroxylation is 1. The van der Waals surface area contributed by atoms with Crippen LogP contribution in [-0.4, -0.2) is 22.7 Å². The van der Waals surface area contributed by atoms with Crippen molar-refractivity contribution < 1.29 is 4.74 Å². The van der Waals surface area contributed by atoms with Gasteiger partial charge in [0.15, 0.2) is 0 Å². The third-order valence-corrected chi connectivity index (χ3v) is 3.47. The number of hydrogen-bond acceptors (Lipinski definition) is 3. The van der Waals surface area contributed by atoms with Gasteiger partial charge in [-0.25, -0.2) is 4.98 Å². The van der Waals surface area contributed by atoms with E-state index in [0.717, 1.165) is 31.1 Å². The minimum absolute atomic E-state index is 0.653. The second kappa shape index (κ2) is 7.10. The standard InChI is InChI=1S/C16H23N3O/c1-4-17-11-15-7-5-6-8-16(15)20-10-9-19-12-18-13(2)14(19)3/h5-8,12,17H,4,9-11H2,1-3H3. The van der Waals surface area contributed by atoms with E-state index in [-0.39, 0.29) is 0 Å². The molecule has 0 saturated heterocycles. The summed E-state index contributed by atoms with van der Waals surface area (Å²) < 4.78 is 8.04. The molecule has 1 aromatic carbocycles. The Morgan fingerprint density at radius 1 is 1.25 bits per heavy atom. The number of nitrogens with zero attached hydrogens (tertiary/aromatic N) is 2. The number of ether oxygens (including phenoxy) is 1. The number of hydrogen-bond donors (Lipinski definition) is 1. The van der Waals surface area contributed by atoms with Crippen molar-refractivity contribution in [3.05, 3.63) is 47.5 Å². The van der Waals surface area contributed by atoms with E-state index in [1.807, 2.05) is 31.5 Å². The average molecular weight is 273 g/mol. The van der Waals surface area contributed by atoms with Crippen molar-refractivity contribution in [1.82, 2.24) is 14.9 Å². The molecule has 0 spiro atoms. The number of rotatable bonds is 7. The van der Waals surface area contributed by atoms with Crippen LogP contribution in [0.2, 0.25) is 0 Å². The van der Waals surface area contributed by atoms with E-state index >= 15 is 0 Å². The van der Waals surface area contributed by atoms with Gasteiger partial charge in [0.2, 0.25) is 0 Å². The normalized spacial score (nSPS) is 10.8. The second-order valence-electron chi connectivity index (χ2n) is 4.85. The maximum absolute atomic E-state index is 5.91. The van der Waals surface area contributed by atoms with Crippen LogP contribution < -0.4 is 10.1 Å². The monoisotopic (exact) mass is 273 g/mol. The van der Waals surface area contributed by atoms with Crippen molar-refractivity contribution in [3.8, 4) is 5.75 Å². The minimum atomic E-state index is 0.653. The Kier molecular flexibility index (Phi) is 5.18. The molecule has 0 aliphatic rings. The first-order valence-electron chi connectivity index (χ1n) is 7.12. The van der Waals surface area contributed by atoms with Crippen LogP contribution in [0.15, 0.2) is 30.6 Å². The fraction of sp³-hybridized carbons (Fsp3) is 0.438. The van der Waals surface area contributed by atoms with Crippen molar-refractivity contribution >= 4 is 0 Å². The SMILES string of the molecule is CCNCc1ccccc1OCCn1cnc(C)c1C. The van der Waals surface area contributed by atoms with Crippen LogP contribution in [0.5, 0.6) is 5.75 Å². The van der Waals surface area contributed by atoms with Gasteiger partial charge in [0, 0.05) is 17.8 Å². The lowest BCUT2D eigenvalue weighted by atomic mass is 10.2. The molecule has 2 aromatic rings. The number of nitrogens with one attached hydrogen (secondary N) is 1. The van der Waals surface area contributed by atoms with Crippen LogP contribution in [0.1, 0.15) is 23.9 Å². The zero-order valence-corrected chi connectivity index (χ0v) is 12.5. The lowest BCUT2D eigenvalue weighted by Gasteiger charge is -2.12. The summed E-state index contributed by atoms with van der Waals surface area (Å²) in [5, 5.41) is 3.33. The number of para-hydroxylation sites is 1. The topological polar surface area (TPSA) is 39.1 Å². The first kappa shape index (κ1) is 14.6. The molecule has 0 bridgehead atoms. The largest absolute Gasteiger partial charge is 0.491 e. The highest BCUT2D eigenvalue weighted by atomic mass is 16.5. The molecule has 0 atom stereocenters. The molecule has 4 nitrogen and oxygen atoms in total. The van der Waals surface area contributed by atoms with Gasteiger partial charge in [-0.2, -0.15) is 0 Å². The van der Waals surface area contributed by atoms with Crippen molar-refractivity contribution in [2.45, 2.75) is 33.9 Å². The lowest BCUT2D eigenvalue weighted by molar-refractivity contribution is 0.293. The third kappa shape index (κ3) is 3.61. The third-order valence-electron chi connectivity index (χ3n) is 3.47. The van der Waals surface area contributed by atoms with Crippen LogP contribution in [0, 0.1) is 13.8 Å². The highest BCUT2D eigenvalue weighted by molar-refractivity contribution is 5.33. The Bertz CT molecular complexity index is 548. The molecule has 1 N–H and O–H groups in total. The highest BCUT2D eigenvalue weighted by Gasteiger charge is 2.04. The Balaban J connectivity index is 1.92. The Hall–Kier alpha value is -1.81. The summed E-state index contributed by atoms with van der Waals surface area (Å²) in [6, 6.07) is 8.18. The summed E-state index contributed by atoms with van der Waals surface area (Å²) in [7, 11) is 0.